The van der Waals surface area contributed by atoms with Crippen molar-refractivity contribution in [3.05, 3.63) is 51.2 Å². The second-order valence-electron chi connectivity index (χ2n) is 4.69. The third-order valence-corrected chi connectivity index (χ3v) is 4.54. The van der Waals surface area contributed by atoms with Gasteiger partial charge in [-0.25, -0.2) is 0 Å². The maximum Gasteiger partial charge on any atom is 0.229 e. The zero-order chi connectivity index (χ0) is 14.8. The number of hydrogen-bond acceptors (Lipinski definition) is 4. The number of fused-ring (bicyclic) bond motifs is 1. The number of aryl methyl sites for hydroxylation is 1. The molecule has 3 rings (SSSR count). The lowest BCUT2D eigenvalue weighted by atomic mass is 10.1. The van der Waals surface area contributed by atoms with Crippen molar-refractivity contribution < 1.29 is 4.79 Å². The summed E-state index contributed by atoms with van der Waals surface area (Å²) in [7, 11) is 0. The smallest absolute Gasteiger partial charge is 0.229 e. The molecule has 0 aliphatic carbocycles. The number of benzene rings is 1. The number of aromatic nitrogens is 2. The van der Waals surface area contributed by atoms with E-state index in [1.807, 2.05) is 31.2 Å². The van der Waals surface area contributed by atoms with Crippen LogP contribution in [-0.2, 0) is 11.2 Å². The summed E-state index contributed by atoms with van der Waals surface area (Å²) in [4.78, 5) is 20.3. The van der Waals surface area contributed by atoms with Crippen molar-refractivity contribution in [2.24, 2.45) is 0 Å². The van der Waals surface area contributed by atoms with Crippen molar-refractivity contribution >= 4 is 45.9 Å². The van der Waals surface area contributed by atoms with E-state index < -0.39 is 0 Å². The quantitative estimate of drug-likeness (QED) is 0.722. The van der Waals surface area contributed by atoms with E-state index in [-0.39, 0.29) is 5.91 Å². The first-order valence-electron chi connectivity index (χ1n) is 6.44. The number of hydrogen-bond donors (Lipinski definition) is 2. The molecule has 0 aliphatic rings. The summed E-state index contributed by atoms with van der Waals surface area (Å²) in [5.74, 6) is -0.0558. The molecule has 6 heteroatoms. The summed E-state index contributed by atoms with van der Waals surface area (Å²) in [6.45, 7) is 1.93. The summed E-state index contributed by atoms with van der Waals surface area (Å²) >= 11 is 6.53. The number of anilines is 1. The topological polar surface area (TPSA) is 57.8 Å². The van der Waals surface area contributed by atoms with E-state index in [0.717, 1.165) is 27.0 Å². The van der Waals surface area contributed by atoms with Crippen LogP contribution in [0.5, 0.6) is 0 Å². The Morgan fingerprint density at radius 3 is 3.05 bits per heavy atom. The van der Waals surface area contributed by atoms with Gasteiger partial charge < -0.3 is 10.3 Å². The van der Waals surface area contributed by atoms with Crippen LogP contribution < -0.4 is 5.32 Å². The molecule has 1 aromatic carbocycles. The van der Waals surface area contributed by atoms with Crippen LogP contribution in [0.1, 0.15) is 10.6 Å². The average Bonchev–Trinajstić information content (AvgIpc) is 2.77. The van der Waals surface area contributed by atoms with Crippen molar-refractivity contribution in [1.29, 1.82) is 0 Å². The highest BCUT2D eigenvalue weighted by molar-refractivity contribution is 7.73. The molecule has 0 atom stereocenters. The van der Waals surface area contributed by atoms with Crippen LogP contribution in [0.25, 0.3) is 10.8 Å². The highest BCUT2D eigenvalue weighted by Crippen LogP contribution is 2.23. The highest BCUT2D eigenvalue weighted by atomic mass is 32.1. The molecule has 0 saturated carbocycles. The molecular formula is C15H13N3OS2. The summed E-state index contributed by atoms with van der Waals surface area (Å²) in [6.07, 6.45) is 3.82. The number of nitrogens with zero attached hydrogens (tertiary/aromatic N) is 1. The van der Waals surface area contributed by atoms with Crippen molar-refractivity contribution in [3.63, 3.8) is 0 Å². The summed E-state index contributed by atoms with van der Waals surface area (Å²) in [5.41, 5.74) is 1.74. The first-order chi connectivity index (χ1) is 10.1. The molecule has 0 unspecified atom stereocenters. The van der Waals surface area contributed by atoms with Gasteiger partial charge in [0.25, 0.3) is 0 Å². The number of pyridine rings is 1. The third-order valence-electron chi connectivity index (χ3n) is 3.20. The molecule has 3 aromatic rings. The summed E-state index contributed by atoms with van der Waals surface area (Å²) in [6, 6.07) is 7.72. The van der Waals surface area contributed by atoms with E-state index >= 15 is 0 Å². The minimum absolute atomic E-state index is 0.0558. The number of thiazole rings is 1. The van der Waals surface area contributed by atoms with E-state index in [2.05, 4.69) is 15.3 Å². The number of carbonyl (C=O) groups excluding carboxylic acids is 1. The molecule has 2 aromatic heterocycles. The number of aromatic amines is 1. The van der Waals surface area contributed by atoms with Gasteiger partial charge in [-0.2, -0.15) is 0 Å². The lowest BCUT2D eigenvalue weighted by Gasteiger charge is -2.08. The van der Waals surface area contributed by atoms with Crippen molar-refractivity contribution in [1.82, 2.24) is 9.97 Å². The Hall–Kier alpha value is -2.05. The molecule has 4 nitrogen and oxygen atoms in total. The highest BCUT2D eigenvalue weighted by Gasteiger charge is 2.10. The normalized spacial score (nSPS) is 10.7. The predicted molar refractivity (Wildman–Crippen MR) is 88.3 cm³/mol. The molecule has 21 heavy (non-hydrogen) atoms. The van der Waals surface area contributed by atoms with Gasteiger partial charge in [0.05, 0.1) is 12.1 Å². The maximum atomic E-state index is 12.2. The van der Waals surface area contributed by atoms with Crippen LogP contribution in [0.3, 0.4) is 0 Å². The van der Waals surface area contributed by atoms with Gasteiger partial charge in [-0.3, -0.25) is 9.78 Å². The summed E-state index contributed by atoms with van der Waals surface area (Å²) in [5, 5.41) is 4.94. The SMILES string of the molecule is Cc1[nH]c(=S)sc1CC(=O)Nc1cccc2ccncc12. The molecule has 106 valence electrons. The van der Waals surface area contributed by atoms with Crippen molar-refractivity contribution in [2.75, 3.05) is 5.32 Å². The molecule has 2 N–H and O–H groups in total. The van der Waals surface area contributed by atoms with Crippen LogP contribution in [0.15, 0.2) is 36.7 Å². The Morgan fingerprint density at radius 1 is 1.43 bits per heavy atom. The number of H-pyrrole nitrogens is 1. The third kappa shape index (κ3) is 3.01. The monoisotopic (exact) mass is 315 g/mol. The standard InChI is InChI=1S/C15H13N3OS2/c1-9-13(21-15(20)17-9)7-14(19)18-12-4-2-3-10-5-6-16-8-11(10)12/h2-6,8H,7H2,1H3,(H,17,20)(H,18,19). The van der Waals surface area contributed by atoms with Crippen LogP contribution >= 0.6 is 23.6 Å². The Labute approximate surface area is 130 Å². The lowest BCUT2D eigenvalue weighted by molar-refractivity contribution is -0.115. The minimum atomic E-state index is -0.0558. The lowest BCUT2D eigenvalue weighted by Crippen LogP contribution is -2.14. The average molecular weight is 315 g/mol. The molecule has 0 fully saturated rings. The van der Waals surface area contributed by atoms with E-state index in [1.54, 1.807) is 12.4 Å². The second kappa shape index (κ2) is 5.75. The zero-order valence-corrected chi connectivity index (χ0v) is 13.0. The molecule has 0 bridgehead atoms. The van der Waals surface area contributed by atoms with Crippen LogP contribution in [0.4, 0.5) is 5.69 Å². The Bertz CT molecular complexity index is 861. The zero-order valence-electron chi connectivity index (χ0n) is 11.3. The van der Waals surface area contributed by atoms with Crippen LogP contribution in [0.2, 0.25) is 0 Å². The molecule has 0 saturated heterocycles. The van der Waals surface area contributed by atoms with Gasteiger partial charge in [0.15, 0.2) is 3.95 Å². The molecule has 0 radical (unpaired) electrons. The van der Waals surface area contributed by atoms with Gasteiger partial charge in [-0.15, -0.1) is 11.3 Å². The maximum absolute atomic E-state index is 12.2. The fourth-order valence-corrected chi connectivity index (χ4v) is 3.46. The summed E-state index contributed by atoms with van der Waals surface area (Å²) < 4.78 is 0.699. The number of rotatable bonds is 3. The van der Waals surface area contributed by atoms with Gasteiger partial charge in [0.1, 0.15) is 0 Å². The molecule has 0 aliphatic heterocycles. The molecule has 2 heterocycles. The Morgan fingerprint density at radius 2 is 2.29 bits per heavy atom. The largest absolute Gasteiger partial charge is 0.341 e. The molecule has 0 spiro atoms. The van der Waals surface area contributed by atoms with Gasteiger partial charge in [0, 0.05) is 28.4 Å². The number of amides is 1. The van der Waals surface area contributed by atoms with Gasteiger partial charge in [-0.1, -0.05) is 12.1 Å². The van der Waals surface area contributed by atoms with Crippen LogP contribution in [-0.4, -0.2) is 15.9 Å². The van der Waals surface area contributed by atoms with Gasteiger partial charge in [0.2, 0.25) is 5.91 Å². The Balaban J connectivity index is 1.83. The van der Waals surface area contributed by atoms with Crippen LogP contribution in [0, 0.1) is 10.9 Å². The van der Waals surface area contributed by atoms with Crippen molar-refractivity contribution in [3.8, 4) is 0 Å². The predicted octanol–water partition coefficient (Wildman–Crippen LogP) is 3.84. The number of nitrogens with one attached hydrogen (secondary N) is 2. The van der Waals surface area contributed by atoms with Gasteiger partial charge >= 0.3 is 0 Å². The fraction of sp³-hybridized carbons (Fsp3) is 0.133. The fourth-order valence-electron chi connectivity index (χ4n) is 2.17. The second-order valence-corrected chi connectivity index (χ2v) is 6.46. The molecular weight excluding hydrogens is 302 g/mol. The number of carbonyl (C=O) groups is 1. The first kappa shape index (κ1) is 13.9. The van der Waals surface area contributed by atoms with E-state index in [4.69, 9.17) is 12.2 Å². The van der Waals surface area contributed by atoms with E-state index in [9.17, 15) is 4.79 Å². The molecule has 1 amide bonds. The minimum Gasteiger partial charge on any atom is -0.341 e. The van der Waals surface area contributed by atoms with E-state index in [0.29, 0.717) is 10.4 Å². The van der Waals surface area contributed by atoms with Crippen molar-refractivity contribution in [2.45, 2.75) is 13.3 Å². The van der Waals surface area contributed by atoms with E-state index in [1.165, 1.54) is 11.3 Å². The first-order valence-corrected chi connectivity index (χ1v) is 7.67. The van der Waals surface area contributed by atoms with Gasteiger partial charge in [-0.05, 0) is 36.7 Å². The Kier molecular flexibility index (Phi) is 3.81.